The first-order valence-electron chi connectivity index (χ1n) is 4.45. The predicted molar refractivity (Wildman–Crippen MR) is 60.2 cm³/mol. The fraction of sp³-hybridized carbons (Fsp3) is 0.222. The molecular weight excluding hydrogens is 321 g/mol. The highest BCUT2D eigenvalue weighted by atomic mass is 79.9. The summed E-state index contributed by atoms with van der Waals surface area (Å²) >= 11 is 2.92. The van der Waals surface area contributed by atoms with Crippen LogP contribution in [0.5, 0.6) is 0 Å². The van der Waals surface area contributed by atoms with Gasteiger partial charge in [0, 0.05) is 16.1 Å². The Morgan fingerprint density at radius 2 is 2.00 bits per heavy atom. The molecule has 0 fully saturated rings. The molecule has 1 aromatic rings. The van der Waals surface area contributed by atoms with Crippen molar-refractivity contribution in [1.29, 1.82) is 0 Å². The number of nitrogens with zero attached hydrogens (tertiary/aromatic N) is 1. The summed E-state index contributed by atoms with van der Waals surface area (Å²) in [6, 6.07) is 2.12. The summed E-state index contributed by atoms with van der Waals surface area (Å²) in [6.45, 7) is 1.43. The molecule has 0 unspecified atom stereocenters. The summed E-state index contributed by atoms with van der Waals surface area (Å²) in [5.74, 6) is -2.19. The van der Waals surface area contributed by atoms with Crippen molar-refractivity contribution >= 4 is 33.2 Å². The first kappa shape index (κ1) is 14.4. The minimum absolute atomic E-state index is 0.128. The number of anilines is 1. The van der Waals surface area contributed by atoms with E-state index in [-0.39, 0.29) is 21.4 Å². The van der Waals surface area contributed by atoms with Crippen LogP contribution in [0.4, 0.5) is 24.5 Å². The Kier molecular flexibility index (Phi) is 3.95. The molecule has 18 heavy (non-hydrogen) atoms. The molecule has 0 spiro atoms. The van der Waals surface area contributed by atoms with E-state index in [1.807, 2.05) is 0 Å². The molecule has 0 saturated carbocycles. The second kappa shape index (κ2) is 4.92. The van der Waals surface area contributed by atoms with Crippen LogP contribution in [0.15, 0.2) is 16.6 Å². The number of aryl methyl sites for hydroxylation is 1. The Hall–Kier alpha value is -1.64. The molecule has 5 nitrogen and oxygen atoms in total. The minimum Gasteiger partial charge on any atom is -0.317 e. The van der Waals surface area contributed by atoms with E-state index < -0.39 is 17.0 Å². The van der Waals surface area contributed by atoms with Gasteiger partial charge in [-0.3, -0.25) is 14.9 Å². The summed E-state index contributed by atoms with van der Waals surface area (Å²) in [7, 11) is 0. The summed E-state index contributed by atoms with van der Waals surface area (Å²) in [5.41, 5.74) is -0.429. The second-order valence-corrected chi connectivity index (χ2v) is 4.18. The number of hydrogen-bond donors (Lipinski definition) is 1. The van der Waals surface area contributed by atoms with Gasteiger partial charge in [0.05, 0.1) is 10.6 Å². The van der Waals surface area contributed by atoms with E-state index in [0.29, 0.717) is 0 Å². The molecule has 1 N–H and O–H groups in total. The summed E-state index contributed by atoms with van der Waals surface area (Å²) in [5, 5.41) is 12.2. The highest BCUT2D eigenvalue weighted by Gasteiger charge is 2.39. The maximum Gasteiger partial charge on any atom is 0.471 e. The highest BCUT2D eigenvalue weighted by molar-refractivity contribution is 9.10. The van der Waals surface area contributed by atoms with E-state index in [1.165, 1.54) is 13.0 Å². The van der Waals surface area contributed by atoms with Crippen LogP contribution in [0.2, 0.25) is 0 Å². The van der Waals surface area contributed by atoms with Gasteiger partial charge in [0.2, 0.25) is 0 Å². The molecule has 0 bridgehead atoms. The van der Waals surface area contributed by atoms with Gasteiger partial charge in [0.1, 0.15) is 0 Å². The quantitative estimate of drug-likeness (QED) is 0.670. The van der Waals surface area contributed by atoms with E-state index in [4.69, 9.17) is 0 Å². The van der Waals surface area contributed by atoms with Crippen molar-refractivity contribution in [2.75, 3.05) is 5.32 Å². The maximum atomic E-state index is 12.0. The van der Waals surface area contributed by atoms with Gasteiger partial charge in [0.25, 0.3) is 5.69 Å². The molecule has 0 aliphatic heterocycles. The third-order valence-electron chi connectivity index (χ3n) is 1.99. The van der Waals surface area contributed by atoms with Gasteiger partial charge < -0.3 is 5.32 Å². The van der Waals surface area contributed by atoms with Crippen LogP contribution in [0.1, 0.15) is 5.56 Å². The third kappa shape index (κ3) is 3.19. The molecule has 1 aromatic carbocycles. The molecule has 0 heterocycles. The van der Waals surface area contributed by atoms with E-state index in [2.05, 4.69) is 15.9 Å². The number of hydrogen-bond acceptors (Lipinski definition) is 3. The van der Waals surface area contributed by atoms with Gasteiger partial charge in [-0.05, 0) is 28.9 Å². The number of carbonyl (C=O) groups excluding carboxylic acids is 1. The molecule has 0 saturated heterocycles. The number of benzene rings is 1. The van der Waals surface area contributed by atoms with Crippen molar-refractivity contribution in [3.8, 4) is 0 Å². The molecule has 1 rings (SSSR count). The number of carbonyl (C=O) groups is 1. The fourth-order valence-electron chi connectivity index (χ4n) is 1.15. The smallest absolute Gasteiger partial charge is 0.317 e. The largest absolute Gasteiger partial charge is 0.471 e. The third-order valence-corrected chi connectivity index (χ3v) is 2.64. The van der Waals surface area contributed by atoms with Gasteiger partial charge in [0.15, 0.2) is 0 Å². The van der Waals surface area contributed by atoms with Crippen molar-refractivity contribution in [2.24, 2.45) is 0 Å². The number of halogens is 4. The molecule has 0 aliphatic rings. The van der Waals surface area contributed by atoms with E-state index in [0.717, 1.165) is 6.07 Å². The molecule has 1 amide bonds. The zero-order valence-corrected chi connectivity index (χ0v) is 10.4. The zero-order chi connectivity index (χ0) is 14.1. The van der Waals surface area contributed by atoms with Gasteiger partial charge in [-0.1, -0.05) is 0 Å². The number of nitrogens with one attached hydrogen (secondary N) is 1. The number of nitro benzene ring substituents is 1. The van der Waals surface area contributed by atoms with Crippen LogP contribution in [-0.4, -0.2) is 17.0 Å². The van der Waals surface area contributed by atoms with Gasteiger partial charge in [-0.25, -0.2) is 0 Å². The lowest BCUT2D eigenvalue weighted by molar-refractivity contribution is -0.385. The number of nitro groups is 1. The first-order valence-corrected chi connectivity index (χ1v) is 5.25. The molecule has 0 aliphatic carbocycles. The summed E-state index contributed by atoms with van der Waals surface area (Å²) < 4.78 is 36.3. The van der Waals surface area contributed by atoms with Crippen molar-refractivity contribution in [2.45, 2.75) is 13.1 Å². The molecule has 0 atom stereocenters. The van der Waals surface area contributed by atoms with E-state index >= 15 is 0 Å². The number of alkyl halides is 3. The average molecular weight is 327 g/mol. The van der Waals surface area contributed by atoms with Crippen LogP contribution >= 0.6 is 15.9 Å². The van der Waals surface area contributed by atoms with Crippen molar-refractivity contribution < 1.29 is 22.9 Å². The Morgan fingerprint density at radius 1 is 1.44 bits per heavy atom. The van der Waals surface area contributed by atoms with Crippen molar-refractivity contribution in [3.63, 3.8) is 0 Å². The van der Waals surface area contributed by atoms with Crippen LogP contribution in [0.3, 0.4) is 0 Å². The first-order chi connectivity index (χ1) is 8.12. The lowest BCUT2D eigenvalue weighted by Crippen LogP contribution is -2.30. The second-order valence-electron chi connectivity index (χ2n) is 3.33. The summed E-state index contributed by atoms with van der Waals surface area (Å²) in [6.07, 6.45) is -5.06. The van der Waals surface area contributed by atoms with Crippen LogP contribution in [0.25, 0.3) is 0 Å². The molecule has 0 aromatic heterocycles. The standard InChI is InChI=1S/C9H6BrF3N2O3/c1-4-2-5(10)6(3-7(4)15(17)18)14-8(16)9(11,12)13/h2-3H,1H3,(H,14,16). The van der Waals surface area contributed by atoms with Crippen LogP contribution in [-0.2, 0) is 4.79 Å². The van der Waals surface area contributed by atoms with Crippen molar-refractivity contribution in [3.05, 3.63) is 32.3 Å². The maximum absolute atomic E-state index is 12.0. The SMILES string of the molecule is Cc1cc(Br)c(NC(=O)C(F)(F)F)cc1[N+](=O)[O-]. The normalized spacial score (nSPS) is 11.2. The van der Waals surface area contributed by atoms with Gasteiger partial charge >= 0.3 is 12.1 Å². The number of amides is 1. The molecule has 9 heteroatoms. The number of rotatable bonds is 2. The predicted octanol–water partition coefficient (Wildman–Crippen LogP) is 3.17. The van der Waals surface area contributed by atoms with Gasteiger partial charge in [-0.2, -0.15) is 13.2 Å². The van der Waals surface area contributed by atoms with Crippen LogP contribution < -0.4 is 5.32 Å². The molecular formula is C9H6BrF3N2O3. The fourth-order valence-corrected chi connectivity index (χ4v) is 1.70. The van der Waals surface area contributed by atoms with Gasteiger partial charge in [-0.15, -0.1) is 0 Å². The molecule has 0 radical (unpaired) electrons. The average Bonchev–Trinajstić information content (AvgIpc) is 2.19. The zero-order valence-electron chi connectivity index (χ0n) is 8.84. The van der Waals surface area contributed by atoms with E-state index in [9.17, 15) is 28.1 Å². The topological polar surface area (TPSA) is 72.2 Å². The molecule has 98 valence electrons. The minimum atomic E-state index is -5.06. The Balaban J connectivity index is 3.14. The highest BCUT2D eigenvalue weighted by Crippen LogP contribution is 2.31. The Morgan fingerprint density at radius 3 is 2.44 bits per heavy atom. The summed E-state index contributed by atoms with van der Waals surface area (Å²) in [4.78, 5) is 20.6. The lowest BCUT2D eigenvalue weighted by Gasteiger charge is -2.10. The monoisotopic (exact) mass is 326 g/mol. The van der Waals surface area contributed by atoms with E-state index in [1.54, 1.807) is 5.32 Å². The lowest BCUT2D eigenvalue weighted by atomic mass is 10.2. The van der Waals surface area contributed by atoms with Crippen LogP contribution in [0, 0.1) is 17.0 Å². The van der Waals surface area contributed by atoms with Crippen molar-refractivity contribution in [1.82, 2.24) is 0 Å². The Bertz CT molecular complexity index is 517. The Labute approximate surface area is 107 Å².